The second-order valence-electron chi connectivity index (χ2n) is 7.33. The Morgan fingerprint density at radius 3 is 2.93 bits per heavy atom. The van der Waals surface area contributed by atoms with Crippen molar-refractivity contribution < 1.29 is 9.53 Å². The van der Waals surface area contributed by atoms with Gasteiger partial charge in [0, 0.05) is 36.3 Å². The number of amides is 1. The number of hydrogen-bond acceptors (Lipinski definition) is 3. The molecule has 27 heavy (non-hydrogen) atoms. The van der Waals surface area contributed by atoms with Gasteiger partial charge in [0.1, 0.15) is 5.75 Å². The number of nitrogens with one attached hydrogen (secondary N) is 1. The normalized spacial score (nSPS) is 16.4. The Morgan fingerprint density at radius 1 is 1.07 bits per heavy atom. The molecular formula is C22H25ClN2O2. The lowest BCUT2D eigenvalue weighted by Gasteiger charge is -2.29. The van der Waals surface area contributed by atoms with Gasteiger partial charge >= 0.3 is 0 Å². The van der Waals surface area contributed by atoms with E-state index in [-0.39, 0.29) is 5.91 Å². The maximum absolute atomic E-state index is 11.5. The molecule has 0 radical (unpaired) electrons. The average molecular weight is 385 g/mol. The monoisotopic (exact) mass is 384 g/mol. The standard InChI is InChI=1S/C22H25ClN2O2/c23-20-5-3-4-17-15-25(12-10-19(17)20)11-1-2-13-27-18-8-6-16-7-9-22(26)24-21(16)14-18/h3-6,8,14H,1-2,7,9-13,15H2,(H,24,26). The van der Waals surface area contributed by atoms with E-state index in [1.807, 2.05) is 24.3 Å². The first kappa shape index (κ1) is 18.3. The summed E-state index contributed by atoms with van der Waals surface area (Å²) in [5.41, 5.74) is 4.76. The molecule has 2 aliphatic heterocycles. The minimum atomic E-state index is 0.0871. The van der Waals surface area contributed by atoms with Crippen LogP contribution in [0.25, 0.3) is 0 Å². The molecule has 0 atom stereocenters. The van der Waals surface area contributed by atoms with Crippen LogP contribution in [0.4, 0.5) is 5.69 Å². The molecule has 0 aromatic heterocycles. The third kappa shape index (κ3) is 4.45. The second-order valence-corrected chi connectivity index (χ2v) is 7.73. The number of aryl methyl sites for hydroxylation is 1. The van der Waals surface area contributed by atoms with Crippen molar-refractivity contribution in [3.63, 3.8) is 0 Å². The van der Waals surface area contributed by atoms with E-state index in [1.54, 1.807) is 0 Å². The zero-order chi connectivity index (χ0) is 18.6. The number of carbonyl (C=O) groups excluding carboxylic acids is 1. The molecule has 0 spiro atoms. The van der Waals surface area contributed by atoms with E-state index < -0.39 is 0 Å². The number of ether oxygens (including phenoxy) is 1. The quantitative estimate of drug-likeness (QED) is 0.748. The summed E-state index contributed by atoms with van der Waals surface area (Å²) in [5, 5.41) is 3.83. The number of hydrogen-bond donors (Lipinski definition) is 1. The van der Waals surface area contributed by atoms with E-state index in [4.69, 9.17) is 16.3 Å². The van der Waals surface area contributed by atoms with Crippen molar-refractivity contribution in [2.75, 3.05) is 25.0 Å². The second kappa shape index (κ2) is 8.32. The van der Waals surface area contributed by atoms with Gasteiger partial charge in [0.05, 0.1) is 6.61 Å². The number of unbranched alkanes of at least 4 members (excludes halogenated alkanes) is 1. The molecule has 0 saturated carbocycles. The summed E-state index contributed by atoms with van der Waals surface area (Å²) in [6.07, 6.45) is 4.54. The van der Waals surface area contributed by atoms with E-state index >= 15 is 0 Å². The van der Waals surface area contributed by atoms with Crippen molar-refractivity contribution in [3.8, 4) is 5.75 Å². The van der Waals surface area contributed by atoms with Gasteiger partial charge in [-0.15, -0.1) is 0 Å². The summed E-state index contributed by atoms with van der Waals surface area (Å²) in [7, 11) is 0. The summed E-state index contributed by atoms with van der Waals surface area (Å²) in [4.78, 5) is 14.0. The molecule has 1 amide bonds. The molecule has 2 aromatic carbocycles. The number of carbonyl (C=O) groups is 1. The van der Waals surface area contributed by atoms with E-state index in [0.717, 1.165) is 61.8 Å². The van der Waals surface area contributed by atoms with Crippen molar-refractivity contribution >= 4 is 23.2 Å². The van der Waals surface area contributed by atoms with Crippen LogP contribution in [0.15, 0.2) is 36.4 Å². The van der Waals surface area contributed by atoms with Crippen LogP contribution in [0, 0.1) is 0 Å². The molecule has 4 nitrogen and oxygen atoms in total. The van der Waals surface area contributed by atoms with Gasteiger partial charge in [0.25, 0.3) is 0 Å². The van der Waals surface area contributed by atoms with E-state index in [1.165, 1.54) is 16.7 Å². The highest BCUT2D eigenvalue weighted by Gasteiger charge is 2.18. The lowest BCUT2D eigenvalue weighted by atomic mass is 9.99. The van der Waals surface area contributed by atoms with Crippen molar-refractivity contribution in [2.45, 2.75) is 38.6 Å². The SMILES string of the molecule is O=C1CCc2ccc(OCCCCN3CCc4c(Cl)cccc4C3)cc2N1. The Morgan fingerprint density at radius 2 is 2.00 bits per heavy atom. The maximum Gasteiger partial charge on any atom is 0.224 e. The van der Waals surface area contributed by atoms with Crippen molar-refractivity contribution in [1.82, 2.24) is 4.90 Å². The molecule has 0 bridgehead atoms. The smallest absolute Gasteiger partial charge is 0.224 e. The van der Waals surface area contributed by atoms with Crippen LogP contribution in [-0.4, -0.2) is 30.5 Å². The zero-order valence-corrected chi connectivity index (χ0v) is 16.2. The lowest BCUT2D eigenvalue weighted by Crippen LogP contribution is -2.31. The number of rotatable bonds is 6. The summed E-state index contributed by atoms with van der Waals surface area (Å²) in [6.45, 7) is 3.84. The highest BCUT2D eigenvalue weighted by atomic mass is 35.5. The fourth-order valence-corrected chi connectivity index (χ4v) is 4.17. The largest absolute Gasteiger partial charge is 0.494 e. The van der Waals surface area contributed by atoms with Crippen molar-refractivity contribution in [2.24, 2.45) is 0 Å². The Kier molecular flexibility index (Phi) is 5.65. The molecule has 0 unspecified atom stereocenters. The topological polar surface area (TPSA) is 41.6 Å². The number of halogens is 1. The Labute approximate surface area is 165 Å². The summed E-state index contributed by atoms with van der Waals surface area (Å²) < 4.78 is 5.88. The van der Waals surface area contributed by atoms with E-state index in [9.17, 15) is 4.79 Å². The molecule has 142 valence electrons. The first-order valence-electron chi connectivity index (χ1n) is 9.73. The third-order valence-corrected chi connectivity index (χ3v) is 5.76. The first-order valence-corrected chi connectivity index (χ1v) is 10.1. The summed E-state index contributed by atoms with van der Waals surface area (Å²) >= 11 is 6.29. The minimum absolute atomic E-state index is 0.0871. The first-order chi connectivity index (χ1) is 13.2. The van der Waals surface area contributed by atoms with Crippen LogP contribution in [0.5, 0.6) is 5.75 Å². The van der Waals surface area contributed by atoms with Crippen LogP contribution >= 0.6 is 11.6 Å². The third-order valence-electron chi connectivity index (χ3n) is 5.40. The highest BCUT2D eigenvalue weighted by molar-refractivity contribution is 6.31. The van der Waals surface area contributed by atoms with Gasteiger partial charge in [-0.3, -0.25) is 9.69 Å². The predicted octanol–water partition coefficient (Wildman–Crippen LogP) is 4.44. The van der Waals surface area contributed by atoms with Crippen LogP contribution in [0.1, 0.15) is 36.0 Å². The molecule has 5 heteroatoms. The zero-order valence-electron chi connectivity index (χ0n) is 15.5. The molecule has 2 aliphatic rings. The molecule has 4 rings (SSSR count). The maximum atomic E-state index is 11.5. The lowest BCUT2D eigenvalue weighted by molar-refractivity contribution is -0.116. The number of nitrogens with zero attached hydrogens (tertiary/aromatic N) is 1. The van der Waals surface area contributed by atoms with E-state index in [0.29, 0.717) is 13.0 Å². The van der Waals surface area contributed by atoms with Crippen molar-refractivity contribution in [3.05, 3.63) is 58.1 Å². The Bertz CT molecular complexity index is 837. The van der Waals surface area contributed by atoms with Gasteiger partial charge in [-0.1, -0.05) is 29.8 Å². The molecule has 0 saturated heterocycles. The average Bonchev–Trinajstić information content (AvgIpc) is 2.67. The highest BCUT2D eigenvalue weighted by Crippen LogP contribution is 2.28. The fraction of sp³-hybridized carbons (Fsp3) is 0.409. The molecular weight excluding hydrogens is 360 g/mol. The molecule has 2 heterocycles. The van der Waals surface area contributed by atoms with Gasteiger partial charge in [0.15, 0.2) is 0 Å². The number of fused-ring (bicyclic) bond motifs is 2. The Hall–Kier alpha value is -2.04. The van der Waals surface area contributed by atoms with Crippen LogP contribution < -0.4 is 10.1 Å². The number of anilines is 1. The van der Waals surface area contributed by atoms with Gasteiger partial charge in [0.2, 0.25) is 5.91 Å². The molecule has 2 aromatic rings. The van der Waals surface area contributed by atoms with Gasteiger partial charge < -0.3 is 10.1 Å². The van der Waals surface area contributed by atoms with E-state index in [2.05, 4.69) is 22.3 Å². The summed E-state index contributed by atoms with van der Waals surface area (Å²) in [6, 6.07) is 12.2. The molecule has 1 N–H and O–H groups in total. The van der Waals surface area contributed by atoms with Crippen LogP contribution in [0.2, 0.25) is 5.02 Å². The molecule has 0 fully saturated rings. The predicted molar refractivity (Wildman–Crippen MR) is 109 cm³/mol. The van der Waals surface area contributed by atoms with Gasteiger partial charge in [-0.2, -0.15) is 0 Å². The minimum Gasteiger partial charge on any atom is -0.494 e. The van der Waals surface area contributed by atoms with Crippen LogP contribution in [-0.2, 0) is 24.2 Å². The van der Waals surface area contributed by atoms with Crippen LogP contribution in [0.3, 0.4) is 0 Å². The molecule has 0 aliphatic carbocycles. The Balaban J connectivity index is 1.20. The van der Waals surface area contributed by atoms with Gasteiger partial charge in [-0.25, -0.2) is 0 Å². The number of benzene rings is 2. The summed E-state index contributed by atoms with van der Waals surface area (Å²) in [5.74, 6) is 0.918. The fourth-order valence-electron chi connectivity index (χ4n) is 3.88. The van der Waals surface area contributed by atoms with Crippen molar-refractivity contribution in [1.29, 1.82) is 0 Å². The van der Waals surface area contributed by atoms with Gasteiger partial charge in [-0.05, 0) is 61.1 Å².